The molecule has 0 radical (unpaired) electrons. The summed E-state index contributed by atoms with van der Waals surface area (Å²) in [5.41, 5.74) is 0.706. The third-order valence-corrected chi connectivity index (χ3v) is 5.22. The number of unbranched alkanes of at least 4 members (excludes halogenated alkanes) is 1. The van der Waals surface area contributed by atoms with E-state index in [-0.39, 0.29) is 18.5 Å². The van der Waals surface area contributed by atoms with Crippen LogP contribution in [-0.4, -0.2) is 39.4 Å². The number of halogens is 1. The molecule has 1 aliphatic rings. The number of anilines is 1. The molecule has 1 aromatic carbocycles. The molecule has 5 nitrogen and oxygen atoms in total. The van der Waals surface area contributed by atoms with Crippen LogP contribution in [-0.2, 0) is 4.74 Å². The molecular weight excluding hydrogens is 364 g/mol. The van der Waals surface area contributed by atoms with Crippen LogP contribution in [0.15, 0.2) is 24.3 Å². The molecule has 1 amide bonds. The molecule has 0 saturated heterocycles. The quantitative estimate of drug-likeness (QED) is 0.596. The Labute approximate surface area is 170 Å². The largest absolute Gasteiger partial charge is 1.00 e. The second-order valence-corrected chi connectivity index (χ2v) is 7.51. The fraction of sp³-hybridized carbons (Fsp3) is 0.667. The summed E-state index contributed by atoms with van der Waals surface area (Å²) >= 11 is 0. The smallest absolute Gasteiger partial charge is 0.411 e. The molecule has 0 bridgehead atoms. The van der Waals surface area contributed by atoms with Gasteiger partial charge < -0.3 is 26.8 Å². The second kappa shape index (κ2) is 12.8. The Morgan fingerprint density at radius 2 is 2.00 bits per heavy atom. The third-order valence-electron chi connectivity index (χ3n) is 5.22. The van der Waals surface area contributed by atoms with Gasteiger partial charge in [-0.3, -0.25) is 5.32 Å². The van der Waals surface area contributed by atoms with Crippen molar-refractivity contribution in [3.05, 3.63) is 24.3 Å². The van der Waals surface area contributed by atoms with E-state index in [1.54, 1.807) is 0 Å². The molecule has 2 atom stereocenters. The monoisotopic (exact) mass is 398 g/mol. The Morgan fingerprint density at radius 1 is 1.22 bits per heavy atom. The molecule has 27 heavy (non-hydrogen) atoms. The van der Waals surface area contributed by atoms with Crippen LogP contribution < -0.4 is 27.4 Å². The molecule has 2 rings (SSSR count). The Kier molecular flexibility index (Phi) is 11.2. The molecule has 2 N–H and O–H groups in total. The predicted octanol–water partition coefficient (Wildman–Crippen LogP) is 0.511. The molecule has 1 aromatic rings. The number of hydrogen-bond donors (Lipinski definition) is 2. The van der Waals surface area contributed by atoms with E-state index >= 15 is 0 Å². The minimum absolute atomic E-state index is 0. The zero-order chi connectivity index (χ0) is 18.8. The molecule has 0 aromatic heterocycles. The van der Waals surface area contributed by atoms with Gasteiger partial charge in [0.25, 0.3) is 0 Å². The summed E-state index contributed by atoms with van der Waals surface area (Å²) in [4.78, 5) is 13.6. The van der Waals surface area contributed by atoms with Crippen LogP contribution in [0.5, 0.6) is 5.75 Å². The first-order chi connectivity index (χ1) is 12.6. The zero-order valence-electron chi connectivity index (χ0n) is 16.9. The molecule has 0 spiro atoms. The van der Waals surface area contributed by atoms with Gasteiger partial charge in [0.1, 0.15) is 5.75 Å². The summed E-state index contributed by atoms with van der Waals surface area (Å²) in [7, 11) is 4.46. The second-order valence-electron chi connectivity index (χ2n) is 7.51. The maximum Gasteiger partial charge on any atom is 0.411 e. The first-order valence-corrected chi connectivity index (χ1v) is 10.1. The van der Waals surface area contributed by atoms with Crippen molar-refractivity contribution < 1.29 is 31.6 Å². The van der Waals surface area contributed by atoms with E-state index in [9.17, 15) is 4.79 Å². The molecule has 0 aliphatic heterocycles. The number of carbonyl (C=O) groups excluding carboxylic acids is 1. The SMILES string of the molecule is CCCCOc1cccc(NC(=O)OCC[C@@H]2CCCC[C@H]2[NH+](C)C)c1.[Cl-]. The van der Waals surface area contributed by atoms with Crippen LogP contribution in [0.2, 0.25) is 0 Å². The van der Waals surface area contributed by atoms with Gasteiger partial charge in [0, 0.05) is 17.7 Å². The van der Waals surface area contributed by atoms with Gasteiger partial charge >= 0.3 is 6.09 Å². The average Bonchev–Trinajstić information content (AvgIpc) is 2.62. The first-order valence-electron chi connectivity index (χ1n) is 10.1. The molecule has 154 valence electrons. The lowest BCUT2D eigenvalue weighted by atomic mass is 9.82. The number of benzene rings is 1. The summed E-state index contributed by atoms with van der Waals surface area (Å²) in [5.74, 6) is 1.42. The van der Waals surface area contributed by atoms with E-state index in [1.165, 1.54) is 30.6 Å². The molecule has 0 heterocycles. The van der Waals surface area contributed by atoms with Gasteiger partial charge in [-0.05, 0) is 44.2 Å². The van der Waals surface area contributed by atoms with Gasteiger partial charge in [-0.25, -0.2) is 4.79 Å². The summed E-state index contributed by atoms with van der Waals surface area (Å²) in [6.07, 6.45) is 7.83. The summed E-state index contributed by atoms with van der Waals surface area (Å²) in [5, 5.41) is 2.80. The lowest BCUT2D eigenvalue weighted by molar-refractivity contribution is -0.891. The number of rotatable bonds is 9. The van der Waals surface area contributed by atoms with Crippen molar-refractivity contribution in [3.63, 3.8) is 0 Å². The van der Waals surface area contributed by atoms with E-state index in [2.05, 4.69) is 26.3 Å². The standard InChI is InChI=1S/C21H34N2O3.ClH/c1-4-5-14-25-19-11-8-10-18(16-19)22-21(24)26-15-13-17-9-6-7-12-20(17)23(2)3;/h8,10-11,16-17,20H,4-7,9,12-15H2,1-3H3,(H,22,24);1H/t17-,20+;/m0./s1. The highest BCUT2D eigenvalue weighted by molar-refractivity contribution is 5.84. The normalized spacial score (nSPS) is 19.3. The lowest BCUT2D eigenvalue weighted by Crippen LogP contribution is -3.11. The van der Waals surface area contributed by atoms with E-state index in [0.29, 0.717) is 30.9 Å². The van der Waals surface area contributed by atoms with Crippen molar-refractivity contribution >= 4 is 11.8 Å². The average molecular weight is 399 g/mol. The fourth-order valence-electron chi connectivity index (χ4n) is 3.77. The van der Waals surface area contributed by atoms with Gasteiger partial charge in [-0.15, -0.1) is 0 Å². The van der Waals surface area contributed by atoms with Gasteiger partial charge in [-0.1, -0.05) is 25.8 Å². The summed E-state index contributed by atoms with van der Waals surface area (Å²) in [6.45, 7) is 3.31. The van der Waals surface area contributed by atoms with Crippen molar-refractivity contribution in [1.82, 2.24) is 0 Å². The van der Waals surface area contributed by atoms with Crippen LogP contribution >= 0.6 is 0 Å². The van der Waals surface area contributed by atoms with Crippen LogP contribution in [0.1, 0.15) is 51.9 Å². The number of hydrogen-bond acceptors (Lipinski definition) is 3. The number of quaternary nitrogens is 1. The summed E-state index contributed by atoms with van der Waals surface area (Å²) in [6, 6.07) is 8.15. The highest BCUT2D eigenvalue weighted by Gasteiger charge is 2.29. The van der Waals surface area contributed by atoms with Crippen molar-refractivity contribution in [2.24, 2.45) is 5.92 Å². The van der Waals surface area contributed by atoms with Gasteiger partial charge in [0.2, 0.25) is 0 Å². The van der Waals surface area contributed by atoms with E-state index in [4.69, 9.17) is 9.47 Å². The number of carbonyl (C=O) groups is 1. The molecule has 6 heteroatoms. The maximum atomic E-state index is 12.1. The Morgan fingerprint density at radius 3 is 2.74 bits per heavy atom. The van der Waals surface area contributed by atoms with Crippen molar-refractivity contribution in [2.75, 3.05) is 32.6 Å². The highest BCUT2D eigenvalue weighted by Crippen LogP contribution is 2.25. The van der Waals surface area contributed by atoms with Gasteiger partial charge in [-0.2, -0.15) is 0 Å². The van der Waals surface area contributed by atoms with Crippen molar-refractivity contribution in [2.45, 2.75) is 57.9 Å². The van der Waals surface area contributed by atoms with E-state index in [0.717, 1.165) is 25.0 Å². The van der Waals surface area contributed by atoms with Crippen LogP contribution in [0.4, 0.5) is 10.5 Å². The molecule has 1 fully saturated rings. The topological polar surface area (TPSA) is 52.0 Å². The summed E-state index contributed by atoms with van der Waals surface area (Å²) < 4.78 is 11.1. The van der Waals surface area contributed by atoms with E-state index < -0.39 is 0 Å². The molecule has 0 unspecified atom stereocenters. The number of ether oxygens (including phenoxy) is 2. The predicted molar refractivity (Wildman–Crippen MR) is 105 cm³/mol. The molecular formula is C21H35ClN2O3. The molecule has 1 saturated carbocycles. The van der Waals surface area contributed by atoms with Crippen molar-refractivity contribution in [3.8, 4) is 5.75 Å². The Hall–Kier alpha value is -1.46. The fourth-order valence-corrected chi connectivity index (χ4v) is 3.77. The third kappa shape index (κ3) is 8.39. The minimum Gasteiger partial charge on any atom is -1.00 e. The first kappa shape index (κ1) is 23.6. The van der Waals surface area contributed by atoms with Crippen molar-refractivity contribution in [1.29, 1.82) is 0 Å². The van der Waals surface area contributed by atoms with E-state index in [1.807, 2.05) is 24.3 Å². The highest BCUT2D eigenvalue weighted by atomic mass is 35.5. The molecule has 1 aliphatic carbocycles. The minimum atomic E-state index is -0.389. The van der Waals surface area contributed by atoms with Gasteiger partial charge in [0.05, 0.1) is 33.4 Å². The van der Waals surface area contributed by atoms with Crippen LogP contribution in [0.3, 0.4) is 0 Å². The lowest BCUT2D eigenvalue weighted by Gasteiger charge is -2.33. The Balaban J connectivity index is 0.00000364. The maximum absolute atomic E-state index is 12.1. The Bertz CT molecular complexity index is 554. The number of nitrogens with one attached hydrogen (secondary N) is 2. The van der Waals surface area contributed by atoms with Crippen LogP contribution in [0.25, 0.3) is 0 Å². The van der Waals surface area contributed by atoms with Crippen LogP contribution in [0, 0.1) is 5.92 Å². The van der Waals surface area contributed by atoms with Gasteiger partial charge in [0.15, 0.2) is 0 Å². The zero-order valence-corrected chi connectivity index (χ0v) is 17.7. The number of amides is 1.